The fourth-order valence-corrected chi connectivity index (χ4v) is 4.20. The molecule has 0 aliphatic carbocycles. The highest BCUT2D eigenvalue weighted by molar-refractivity contribution is 8.00. The molecule has 21 heavy (non-hydrogen) atoms. The lowest BCUT2D eigenvalue weighted by Crippen LogP contribution is -2.36. The van der Waals surface area contributed by atoms with Gasteiger partial charge in [-0.25, -0.2) is 4.79 Å². The van der Waals surface area contributed by atoms with E-state index in [4.69, 9.17) is 5.53 Å². The Kier molecular flexibility index (Phi) is 6.01. The van der Waals surface area contributed by atoms with Gasteiger partial charge in [0.05, 0.1) is 12.1 Å². The van der Waals surface area contributed by atoms with Crippen LogP contribution in [0.1, 0.15) is 25.7 Å². The first-order valence-electron chi connectivity index (χ1n) is 7.17. The third-order valence-electron chi connectivity index (χ3n) is 3.68. The Balaban J connectivity index is 1.54. The molecule has 9 heteroatoms. The summed E-state index contributed by atoms with van der Waals surface area (Å²) in [5.74, 6) is 0.962. The summed E-state index contributed by atoms with van der Waals surface area (Å²) in [6.07, 6.45) is 3.32. The summed E-state index contributed by atoms with van der Waals surface area (Å²) >= 11 is 1.89. The molecule has 8 nitrogen and oxygen atoms in total. The molecule has 2 fully saturated rings. The number of azide groups is 1. The van der Waals surface area contributed by atoms with Crippen molar-refractivity contribution in [3.8, 4) is 0 Å². The van der Waals surface area contributed by atoms with Crippen LogP contribution in [0.2, 0.25) is 0 Å². The van der Waals surface area contributed by atoms with Crippen molar-refractivity contribution in [3.05, 3.63) is 10.4 Å². The van der Waals surface area contributed by atoms with Gasteiger partial charge in [0.15, 0.2) is 0 Å². The van der Waals surface area contributed by atoms with Gasteiger partial charge in [-0.1, -0.05) is 11.5 Å². The zero-order valence-corrected chi connectivity index (χ0v) is 12.6. The van der Waals surface area contributed by atoms with Crippen molar-refractivity contribution in [1.82, 2.24) is 16.0 Å². The number of amides is 3. The van der Waals surface area contributed by atoms with Gasteiger partial charge in [-0.3, -0.25) is 4.79 Å². The third kappa shape index (κ3) is 4.71. The van der Waals surface area contributed by atoms with Gasteiger partial charge in [-0.05, 0) is 18.4 Å². The largest absolute Gasteiger partial charge is 0.356 e. The summed E-state index contributed by atoms with van der Waals surface area (Å²) in [7, 11) is 0. The molecular weight excluding hydrogens is 292 g/mol. The SMILES string of the molecule is [N-]=[N+]=NCCNC(=O)CCCCC1SCC2NC(=O)NC21. The van der Waals surface area contributed by atoms with Gasteiger partial charge < -0.3 is 16.0 Å². The second-order valence-corrected chi connectivity index (χ2v) is 6.44. The highest BCUT2D eigenvalue weighted by Gasteiger charge is 2.42. The molecule has 2 heterocycles. The number of fused-ring (bicyclic) bond motifs is 1. The predicted molar refractivity (Wildman–Crippen MR) is 81.0 cm³/mol. The Morgan fingerprint density at radius 2 is 2.33 bits per heavy atom. The molecule has 116 valence electrons. The third-order valence-corrected chi connectivity index (χ3v) is 5.19. The Bertz CT molecular complexity index is 439. The van der Waals surface area contributed by atoms with E-state index in [1.54, 1.807) is 0 Å². The van der Waals surface area contributed by atoms with Crippen molar-refractivity contribution < 1.29 is 9.59 Å². The Morgan fingerprint density at radius 1 is 1.48 bits per heavy atom. The standard InChI is InChI=1S/C12H20N6O2S/c13-18-15-6-5-14-10(19)4-2-1-3-9-11-8(7-21-9)16-12(20)17-11/h8-9,11H,1-7H2,(H,14,19)(H2,16,17,20). The fourth-order valence-electron chi connectivity index (χ4n) is 2.65. The minimum absolute atomic E-state index is 0.00377. The molecule has 3 atom stereocenters. The smallest absolute Gasteiger partial charge is 0.315 e. The average Bonchev–Trinajstić information content (AvgIpc) is 2.99. The van der Waals surface area contributed by atoms with Gasteiger partial charge in [0.2, 0.25) is 5.91 Å². The maximum absolute atomic E-state index is 11.5. The molecule has 2 rings (SSSR count). The summed E-state index contributed by atoms with van der Waals surface area (Å²) in [4.78, 5) is 25.4. The molecule has 0 aromatic heterocycles. The molecule has 0 spiro atoms. The lowest BCUT2D eigenvalue weighted by molar-refractivity contribution is -0.121. The Labute approximate surface area is 127 Å². The summed E-state index contributed by atoms with van der Waals surface area (Å²) in [5, 5.41) is 12.4. The van der Waals surface area contributed by atoms with Crippen LogP contribution in [0.25, 0.3) is 10.4 Å². The Morgan fingerprint density at radius 3 is 3.14 bits per heavy atom. The van der Waals surface area contributed by atoms with Crippen LogP contribution in [0.4, 0.5) is 4.79 Å². The molecule has 0 saturated carbocycles. The number of rotatable bonds is 8. The summed E-state index contributed by atoms with van der Waals surface area (Å²) in [5.41, 5.74) is 8.10. The van der Waals surface area contributed by atoms with E-state index >= 15 is 0 Å². The van der Waals surface area contributed by atoms with Crippen molar-refractivity contribution in [2.45, 2.75) is 43.0 Å². The number of unbranched alkanes of at least 4 members (excludes halogenated alkanes) is 1. The zero-order chi connectivity index (χ0) is 15.1. The minimum Gasteiger partial charge on any atom is -0.356 e. The normalized spacial score (nSPS) is 26.5. The number of carbonyl (C=O) groups excluding carboxylic acids is 2. The van der Waals surface area contributed by atoms with Gasteiger partial charge >= 0.3 is 6.03 Å². The maximum Gasteiger partial charge on any atom is 0.315 e. The molecule has 2 saturated heterocycles. The van der Waals surface area contributed by atoms with E-state index in [1.165, 1.54) is 0 Å². The van der Waals surface area contributed by atoms with Crippen molar-refractivity contribution >= 4 is 23.7 Å². The van der Waals surface area contributed by atoms with E-state index in [0.29, 0.717) is 18.2 Å². The average molecular weight is 312 g/mol. The van der Waals surface area contributed by atoms with Crippen LogP contribution < -0.4 is 16.0 Å². The Hall–Kier alpha value is -1.60. The summed E-state index contributed by atoms with van der Waals surface area (Å²) in [6, 6.07) is 0.436. The molecule has 3 unspecified atom stereocenters. The quantitative estimate of drug-likeness (QED) is 0.205. The lowest BCUT2D eigenvalue weighted by atomic mass is 10.0. The molecule has 0 radical (unpaired) electrons. The van der Waals surface area contributed by atoms with E-state index in [0.717, 1.165) is 25.0 Å². The topological polar surface area (TPSA) is 119 Å². The summed E-state index contributed by atoms with van der Waals surface area (Å²) in [6.45, 7) is 0.680. The number of nitrogens with one attached hydrogen (secondary N) is 3. The zero-order valence-electron chi connectivity index (χ0n) is 11.7. The van der Waals surface area contributed by atoms with Gasteiger partial charge in [0.25, 0.3) is 0 Å². The molecule has 0 bridgehead atoms. The number of carbonyl (C=O) groups is 2. The highest BCUT2D eigenvalue weighted by atomic mass is 32.2. The highest BCUT2D eigenvalue weighted by Crippen LogP contribution is 2.33. The van der Waals surface area contributed by atoms with E-state index < -0.39 is 0 Å². The maximum atomic E-state index is 11.5. The lowest BCUT2D eigenvalue weighted by Gasteiger charge is -2.16. The van der Waals surface area contributed by atoms with Gasteiger partial charge in [-0.15, -0.1) is 0 Å². The molecule has 2 aliphatic heterocycles. The first-order chi connectivity index (χ1) is 10.2. The molecule has 2 aliphatic rings. The molecule has 3 N–H and O–H groups in total. The van der Waals surface area contributed by atoms with Gasteiger partial charge in [0, 0.05) is 35.4 Å². The number of urea groups is 1. The second-order valence-electron chi connectivity index (χ2n) is 5.17. The van der Waals surface area contributed by atoms with Crippen molar-refractivity contribution in [1.29, 1.82) is 0 Å². The van der Waals surface area contributed by atoms with Crippen LogP contribution in [0.5, 0.6) is 0 Å². The van der Waals surface area contributed by atoms with Crippen LogP contribution in [0.15, 0.2) is 5.11 Å². The first-order valence-corrected chi connectivity index (χ1v) is 8.22. The number of nitrogens with zero attached hydrogens (tertiary/aromatic N) is 3. The van der Waals surface area contributed by atoms with Crippen LogP contribution in [-0.4, -0.2) is 48.1 Å². The van der Waals surface area contributed by atoms with E-state index in [9.17, 15) is 9.59 Å². The fraction of sp³-hybridized carbons (Fsp3) is 0.833. The number of thioether (sulfide) groups is 1. The molecule has 0 aromatic carbocycles. The van der Waals surface area contributed by atoms with E-state index in [-0.39, 0.29) is 30.6 Å². The molecule has 3 amide bonds. The van der Waals surface area contributed by atoms with Crippen molar-refractivity contribution in [2.24, 2.45) is 5.11 Å². The van der Waals surface area contributed by atoms with E-state index in [2.05, 4.69) is 26.0 Å². The predicted octanol–water partition coefficient (Wildman–Crippen LogP) is 1.14. The number of hydrogen-bond donors (Lipinski definition) is 3. The molecular formula is C12H20N6O2S. The first kappa shape index (κ1) is 15.8. The minimum atomic E-state index is -0.0605. The van der Waals surface area contributed by atoms with Crippen LogP contribution in [0.3, 0.4) is 0 Å². The van der Waals surface area contributed by atoms with Crippen LogP contribution in [0, 0.1) is 0 Å². The van der Waals surface area contributed by atoms with Crippen molar-refractivity contribution in [3.63, 3.8) is 0 Å². The van der Waals surface area contributed by atoms with E-state index in [1.807, 2.05) is 11.8 Å². The second kappa shape index (κ2) is 7.99. The molecule has 0 aromatic rings. The van der Waals surface area contributed by atoms with Crippen LogP contribution in [-0.2, 0) is 4.79 Å². The number of hydrogen-bond acceptors (Lipinski definition) is 4. The van der Waals surface area contributed by atoms with Crippen LogP contribution >= 0.6 is 11.8 Å². The summed E-state index contributed by atoms with van der Waals surface area (Å²) < 4.78 is 0. The van der Waals surface area contributed by atoms with Gasteiger partial charge in [-0.2, -0.15) is 11.8 Å². The van der Waals surface area contributed by atoms with Crippen molar-refractivity contribution in [2.75, 3.05) is 18.8 Å². The monoisotopic (exact) mass is 312 g/mol. The van der Waals surface area contributed by atoms with Gasteiger partial charge in [0.1, 0.15) is 0 Å².